The van der Waals surface area contributed by atoms with Crippen molar-refractivity contribution in [2.45, 2.75) is 6.54 Å². The number of carbonyl (C=O) groups is 2. The normalized spacial score (nSPS) is 15.1. The van der Waals surface area contributed by atoms with Gasteiger partial charge in [-0.2, -0.15) is 5.10 Å². The SMILES string of the molecule is CNC(=O)Cn1cc(NC(=O)C2CNC2)cn1. The summed E-state index contributed by atoms with van der Waals surface area (Å²) in [5.74, 6) is -0.102. The molecular weight excluding hydrogens is 222 g/mol. The third-order valence-corrected chi connectivity index (χ3v) is 2.64. The summed E-state index contributed by atoms with van der Waals surface area (Å²) in [7, 11) is 1.57. The fourth-order valence-corrected chi connectivity index (χ4v) is 1.46. The van der Waals surface area contributed by atoms with Crippen LogP contribution in [0.1, 0.15) is 0 Å². The Hall–Kier alpha value is -1.89. The third-order valence-electron chi connectivity index (χ3n) is 2.64. The van der Waals surface area contributed by atoms with Gasteiger partial charge in [-0.05, 0) is 0 Å². The van der Waals surface area contributed by atoms with Crippen LogP contribution in [0.4, 0.5) is 5.69 Å². The van der Waals surface area contributed by atoms with Gasteiger partial charge in [0.2, 0.25) is 11.8 Å². The second-order valence-corrected chi connectivity index (χ2v) is 3.94. The molecule has 92 valence electrons. The van der Waals surface area contributed by atoms with Crippen molar-refractivity contribution in [3.8, 4) is 0 Å². The van der Waals surface area contributed by atoms with E-state index in [-0.39, 0.29) is 24.3 Å². The Labute approximate surface area is 98.6 Å². The molecule has 0 bridgehead atoms. The summed E-state index contributed by atoms with van der Waals surface area (Å²) in [6, 6.07) is 0. The van der Waals surface area contributed by atoms with Crippen molar-refractivity contribution in [1.82, 2.24) is 20.4 Å². The Kier molecular flexibility index (Phi) is 3.38. The van der Waals surface area contributed by atoms with Gasteiger partial charge in [-0.25, -0.2) is 0 Å². The van der Waals surface area contributed by atoms with Gasteiger partial charge in [0.05, 0.1) is 17.8 Å². The van der Waals surface area contributed by atoms with Gasteiger partial charge < -0.3 is 16.0 Å². The maximum atomic E-state index is 11.6. The van der Waals surface area contributed by atoms with Crippen LogP contribution in [0.2, 0.25) is 0 Å². The number of rotatable bonds is 4. The van der Waals surface area contributed by atoms with Crippen LogP contribution < -0.4 is 16.0 Å². The molecule has 1 aromatic heterocycles. The summed E-state index contributed by atoms with van der Waals surface area (Å²) < 4.78 is 1.48. The smallest absolute Gasteiger partial charge is 0.241 e. The number of amides is 2. The summed E-state index contributed by atoms with van der Waals surface area (Å²) in [4.78, 5) is 22.7. The van der Waals surface area contributed by atoms with Gasteiger partial charge in [0, 0.05) is 26.3 Å². The van der Waals surface area contributed by atoms with Crippen LogP contribution in [-0.2, 0) is 16.1 Å². The van der Waals surface area contributed by atoms with Crippen molar-refractivity contribution >= 4 is 17.5 Å². The van der Waals surface area contributed by atoms with Gasteiger partial charge in [-0.3, -0.25) is 14.3 Å². The molecule has 1 saturated heterocycles. The Morgan fingerprint density at radius 1 is 1.59 bits per heavy atom. The Bertz CT molecular complexity index is 424. The molecule has 3 N–H and O–H groups in total. The molecule has 0 unspecified atom stereocenters. The molecule has 17 heavy (non-hydrogen) atoms. The highest BCUT2D eigenvalue weighted by Gasteiger charge is 2.24. The van der Waals surface area contributed by atoms with Crippen molar-refractivity contribution in [2.75, 3.05) is 25.5 Å². The van der Waals surface area contributed by atoms with Crippen LogP contribution in [0.3, 0.4) is 0 Å². The number of carbonyl (C=O) groups excluding carboxylic acids is 2. The van der Waals surface area contributed by atoms with Gasteiger partial charge in [-0.1, -0.05) is 0 Å². The quantitative estimate of drug-likeness (QED) is 0.613. The molecule has 0 spiro atoms. The Morgan fingerprint density at radius 2 is 2.35 bits per heavy atom. The second-order valence-electron chi connectivity index (χ2n) is 3.94. The van der Waals surface area contributed by atoms with Crippen molar-refractivity contribution in [2.24, 2.45) is 5.92 Å². The van der Waals surface area contributed by atoms with Crippen molar-refractivity contribution in [1.29, 1.82) is 0 Å². The minimum Gasteiger partial charge on any atom is -0.358 e. The van der Waals surface area contributed by atoms with E-state index < -0.39 is 0 Å². The first-order valence-electron chi connectivity index (χ1n) is 5.43. The fourth-order valence-electron chi connectivity index (χ4n) is 1.46. The number of hydrogen-bond donors (Lipinski definition) is 3. The lowest BCUT2D eigenvalue weighted by Crippen LogP contribution is -2.48. The van der Waals surface area contributed by atoms with Crippen LogP contribution in [0.5, 0.6) is 0 Å². The van der Waals surface area contributed by atoms with Crippen molar-refractivity contribution in [3.05, 3.63) is 12.4 Å². The maximum absolute atomic E-state index is 11.6. The minimum absolute atomic E-state index is 0.0109. The van der Waals surface area contributed by atoms with E-state index in [2.05, 4.69) is 21.0 Å². The first-order valence-corrected chi connectivity index (χ1v) is 5.43. The molecule has 1 aliphatic heterocycles. The molecule has 2 rings (SSSR count). The number of nitrogens with one attached hydrogen (secondary N) is 3. The zero-order chi connectivity index (χ0) is 12.3. The van der Waals surface area contributed by atoms with Crippen molar-refractivity contribution < 1.29 is 9.59 Å². The summed E-state index contributed by atoms with van der Waals surface area (Å²) in [6.45, 7) is 1.59. The molecule has 2 heterocycles. The van der Waals surface area contributed by atoms with Crippen LogP contribution in [0, 0.1) is 5.92 Å². The maximum Gasteiger partial charge on any atom is 0.241 e. The topological polar surface area (TPSA) is 88.0 Å². The standard InChI is InChI=1S/C10H15N5O2/c1-11-9(16)6-15-5-8(4-13-15)14-10(17)7-2-12-3-7/h4-5,7,12H,2-3,6H2,1H3,(H,11,16)(H,14,17). The van der Waals surface area contributed by atoms with Crippen LogP contribution in [-0.4, -0.2) is 41.7 Å². The van der Waals surface area contributed by atoms with Crippen molar-refractivity contribution in [3.63, 3.8) is 0 Å². The van der Waals surface area contributed by atoms with Gasteiger partial charge in [-0.15, -0.1) is 0 Å². The van der Waals surface area contributed by atoms with E-state index in [0.29, 0.717) is 5.69 Å². The van der Waals surface area contributed by atoms with E-state index >= 15 is 0 Å². The summed E-state index contributed by atoms with van der Waals surface area (Å²) in [5, 5.41) is 12.3. The van der Waals surface area contributed by atoms with Gasteiger partial charge in [0.25, 0.3) is 0 Å². The monoisotopic (exact) mass is 237 g/mol. The lowest BCUT2D eigenvalue weighted by Gasteiger charge is -2.25. The number of likely N-dealkylation sites (N-methyl/N-ethyl adjacent to an activating group) is 1. The molecule has 2 amide bonds. The van der Waals surface area contributed by atoms with Crippen LogP contribution >= 0.6 is 0 Å². The second kappa shape index (κ2) is 4.96. The van der Waals surface area contributed by atoms with E-state index in [1.165, 1.54) is 10.9 Å². The summed E-state index contributed by atoms with van der Waals surface area (Å²) in [6.07, 6.45) is 3.17. The molecular formula is C10H15N5O2. The first kappa shape index (κ1) is 11.6. The highest BCUT2D eigenvalue weighted by molar-refractivity contribution is 5.93. The molecule has 1 aromatic rings. The number of anilines is 1. The molecule has 1 aliphatic rings. The number of aromatic nitrogens is 2. The van der Waals surface area contributed by atoms with Gasteiger partial charge in [0.15, 0.2) is 0 Å². The highest BCUT2D eigenvalue weighted by Crippen LogP contribution is 2.09. The molecule has 0 atom stereocenters. The highest BCUT2D eigenvalue weighted by atomic mass is 16.2. The van der Waals surface area contributed by atoms with Crippen LogP contribution in [0.15, 0.2) is 12.4 Å². The lowest BCUT2D eigenvalue weighted by molar-refractivity contribution is -0.122. The molecule has 7 nitrogen and oxygen atoms in total. The van der Waals surface area contributed by atoms with E-state index in [9.17, 15) is 9.59 Å². The number of nitrogens with zero attached hydrogens (tertiary/aromatic N) is 2. The average Bonchev–Trinajstić information content (AvgIpc) is 2.62. The molecule has 0 aliphatic carbocycles. The summed E-state index contributed by atoms with van der Waals surface area (Å²) >= 11 is 0. The zero-order valence-corrected chi connectivity index (χ0v) is 9.56. The minimum atomic E-state index is -0.130. The Morgan fingerprint density at radius 3 is 2.94 bits per heavy atom. The molecule has 1 fully saturated rings. The fraction of sp³-hybridized carbons (Fsp3) is 0.500. The van der Waals surface area contributed by atoms with Gasteiger partial charge >= 0.3 is 0 Å². The summed E-state index contributed by atoms with van der Waals surface area (Å²) in [5.41, 5.74) is 0.616. The molecule has 7 heteroatoms. The Balaban J connectivity index is 1.89. The van der Waals surface area contributed by atoms with E-state index in [4.69, 9.17) is 0 Å². The third kappa shape index (κ3) is 2.82. The zero-order valence-electron chi connectivity index (χ0n) is 9.56. The largest absolute Gasteiger partial charge is 0.358 e. The number of hydrogen-bond acceptors (Lipinski definition) is 4. The van der Waals surface area contributed by atoms with Gasteiger partial charge in [0.1, 0.15) is 6.54 Å². The average molecular weight is 237 g/mol. The lowest BCUT2D eigenvalue weighted by atomic mass is 10.0. The predicted octanol–water partition coefficient (Wildman–Crippen LogP) is -1.21. The van der Waals surface area contributed by atoms with E-state index in [1.54, 1.807) is 13.2 Å². The molecule has 0 radical (unpaired) electrons. The van der Waals surface area contributed by atoms with E-state index in [0.717, 1.165) is 13.1 Å². The predicted molar refractivity (Wildman–Crippen MR) is 61.3 cm³/mol. The molecule has 0 saturated carbocycles. The van der Waals surface area contributed by atoms with Crippen LogP contribution in [0.25, 0.3) is 0 Å². The first-order chi connectivity index (χ1) is 8.19. The van der Waals surface area contributed by atoms with E-state index in [1.807, 2.05) is 0 Å². The molecule has 0 aromatic carbocycles.